The highest BCUT2D eigenvalue weighted by atomic mass is 32.1. The van der Waals surface area contributed by atoms with Crippen LogP contribution in [0.15, 0.2) is 164 Å². The van der Waals surface area contributed by atoms with Gasteiger partial charge in [0.1, 0.15) is 0 Å². The first-order valence-corrected chi connectivity index (χ1v) is 17.9. The summed E-state index contributed by atoms with van der Waals surface area (Å²) >= 11 is 1.82. The minimum atomic E-state index is 0.598. The molecule has 0 aliphatic carbocycles. The van der Waals surface area contributed by atoms with Crippen molar-refractivity contribution >= 4 is 75.1 Å². The molecular weight excluding hydrogens is 643 g/mol. The molecule has 0 saturated carbocycles. The molecule has 4 aromatic heterocycles. The van der Waals surface area contributed by atoms with E-state index in [0.29, 0.717) is 17.6 Å². The van der Waals surface area contributed by atoms with E-state index in [0.717, 1.165) is 22.2 Å². The van der Waals surface area contributed by atoms with E-state index in [-0.39, 0.29) is 0 Å². The second-order valence-electron chi connectivity index (χ2n) is 12.9. The lowest BCUT2D eigenvalue weighted by molar-refractivity contribution is 0.954. The third kappa shape index (κ3) is 4.24. The second-order valence-corrected chi connectivity index (χ2v) is 13.9. The lowest BCUT2D eigenvalue weighted by Crippen LogP contribution is -2.06. The Morgan fingerprint density at radius 3 is 1.49 bits per heavy atom. The van der Waals surface area contributed by atoms with E-state index < -0.39 is 0 Å². The maximum Gasteiger partial charge on any atom is 0.238 e. The lowest BCUT2D eigenvalue weighted by Gasteiger charge is -2.11. The van der Waals surface area contributed by atoms with Crippen LogP contribution in [0.1, 0.15) is 0 Å². The fourth-order valence-electron chi connectivity index (χ4n) is 7.73. The average molecular weight is 670 g/mol. The smallest absolute Gasteiger partial charge is 0.238 e. The van der Waals surface area contributed by atoms with Gasteiger partial charge in [0, 0.05) is 48.1 Å². The highest BCUT2D eigenvalue weighted by molar-refractivity contribution is 7.26. The zero-order valence-electron chi connectivity index (χ0n) is 27.2. The van der Waals surface area contributed by atoms with Crippen LogP contribution in [0.25, 0.3) is 98.2 Å². The lowest BCUT2D eigenvalue weighted by atomic mass is 10.1. The molecule has 238 valence electrons. The largest absolute Gasteiger partial charge is 0.308 e. The molecular formula is C45H27N5S. The van der Waals surface area contributed by atoms with Crippen molar-refractivity contribution in [1.29, 1.82) is 0 Å². The Bertz CT molecular complexity index is 3040. The Morgan fingerprint density at radius 2 is 0.882 bits per heavy atom. The zero-order valence-corrected chi connectivity index (χ0v) is 28.0. The topological polar surface area (TPSA) is 48.5 Å². The van der Waals surface area contributed by atoms with Gasteiger partial charge in [0.2, 0.25) is 5.95 Å². The van der Waals surface area contributed by atoms with Crippen LogP contribution < -0.4 is 0 Å². The number of aromatic nitrogens is 5. The molecule has 5 nitrogen and oxygen atoms in total. The van der Waals surface area contributed by atoms with Crippen molar-refractivity contribution in [1.82, 2.24) is 24.1 Å². The van der Waals surface area contributed by atoms with E-state index in [2.05, 4.69) is 155 Å². The third-order valence-electron chi connectivity index (χ3n) is 9.99. The summed E-state index contributed by atoms with van der Waals surface area (Å²) in [4.78, 5) is 15.4. The Balaban J connectivity index is 1.14. The van der Waals surface area contributed by atoms with Crippen molar-refractivity contribution < 1.29 is 0 Å². The first-order chi connectivity index (χ1) is 25.3. The summed E-state index contributed by atoms with van der Waals surface area (Å²) in [6.07, 6.45) is 0. The standard InChI is InChI=1S/C45H27N5S/c1-2-13-28(14-3-1)43-46-44(48-45(47-43)50-38-22-10-6-17-32(38)33-18-7-11-23-39(33)50)29-25-26-34-35-19-12-24-40(42(35)51-41(34)27-29)49-36-20-8-4-15-30(36)31-16-5-9-21-37(31)49/h1-27H. The molecule has 51 heavy (non-hydrogen) atoms. The predicted molar refractivity (Wildman–Crippen MR) is 212 cm³/mol. The summed E-state index contributed by atoms with van der Waals surface area (Å²) in [5.41, 5.74) is 7.63. The minimum absolute atomic E-state index is 0.598. The predicted octanol–water partition coefficient (Wildman–Crippen LogP) is 11.8. The van der Waals surface area contributed by atoms with Gasteiger partial charge in [0.05, 0.1) is 32.5 Å². The number of fused-ring (bicyclic) bond motifs is 9. The van der Waals surface area contributed by atoms with E-state index in [9.17, 15) is 0 Å². The summed E-state index contributed by atoms with van der Waals surface area (Å²) in [6, 6.07) is 57.8. The van der Waals surface area contributed by atoms with Crippen molar-refractivity contribution in [2.24, 2.45) is 0 Å². The van der Waals surface area contributed by atoms with Gasteiger partial charge in [-0.15, -0.1) is 11.3 Å². The van der Waals surface area contributed by atoms with Gasteiger partial charge >= 0.3 is 0 Å². The first kappa shape index (κ1) is 28.2. The monoisotopic (exact) mass is 669 g/mol. The summed E-state index contributed by atoms with van der Waals surface area (Å²) in [5, 5.41) is 7.33. The Kier molecular flexibility index (Phi) is 6.05. The van der Waals surface area contributed by atoms with Crippen LogP contribution in [-0.2, 0) is 0 Å². The second kappa shape index (κ2) is 10.9. The van der Waals surface area contributed by atoms with Gasteiger partial charge in [-0.3, -0.25) is 4.57 Å². The molecule has 11 rings (SSSR count). The maximum atomic E-state index is 5.20. The van der Waals surface area contributed by atoms with Crippen LogP contribution in [0.2, 0.25) is 0 Å². The van der Waals surface area contributed by atoms with Gasteiger partial charge in [-0.05, 0) is 36.4 Å². The van der Waals surface area contributed by atoms with Crippen molar-refractivity contribution in [3.8, 4) is 34.4 Å². The molecule has 0 aliphatic rings. The van der Waals surface area contributed by atoms with Crippen LogP contribution in [0.4, 0.5) is 0 Å². The average Bonchev–Trinajstić information content (AvgIpc) is 3.86. The molecule has 0 bridgehead atoms. The maximum absolute atomic E-state index is 5.20. The number of nitrogens with zero attached hydrogens (tertiary/aromatic N) is 5. The quantitative estimate of drug-likeness (QED) is 0.187. The fraction of sp³-hybridized carbons (Fsp3) is 0. The van der Waals surface area contributed by atoms with Crippen LogP contribution in [0.5, 0.6) is 0 Å². The van der Waals surface area contributed by atoms with Gasteiger partial charge in [0.25, 0.3) is 0 Å². The molecule has 4 heterocycles. The Hall–Kier alpha value is -6.63. The minimum Gasteiger partial charge on any atom is -0.308 e. The molecule has 11 aromatic rings. The highest BCUT2D eigenvalue weighted by Gasteiger charge is 2.19. The van der Waals surface area contributed by atoms with Gasteiger partial charge in [-0.25, -0.2) is 4.98 Å². The molecule has 0 atom stereocenters. The molecule has 6 heteroatoms. The van der Waals surface area contributed by atoms with Gasteiger partial charge in [0.15, 0.2) is 11.6 Å². The molecule has 0 saturated heterocycles. The fourth-order valence-corrected chi connectivity index (χ4v) is 8.97. The molecule has 0 radical (unpaired) electrons. The number of hydrogen-bond acceptors (Lipinski definition) is 4. The van der Waals surface area contributed by atoms with Gasteiger partial charge in [-0.2, -0.15) is 9.97 Å². The van der Waals surface area contributed by atoms with Crippen LogP contribution >= 0.6 is 11.3 Å². The van der Waals surface area contributed by atoms with Gasteiger partial charge in [-0.1, -0.05) is 127 Å². The number of para-hydroxylation sites is 4. The van der Waals surface area contributed by atoms with Crippen LogP contribution in [-0.4, -0.2) is 24.1 Å². The van der Waals surface area contributed by atoms with Crippen LogP contribution in [0.3, 0.4) is 0 Å². The zero-order chi connectivity index (χ0) is 33.5. The van der Waals surface area contributed by atoms with Gasteiger partial charge < -0.3 is 4.57 Å². The van der Waals surface area contributed by atoms with E-state index >= 15 is 0 Å². The third-order valence-corrected chi connectivity index (χ3v) is 11.2. The molecule has 0 N–H and O–H groups in total. The van der Waals surface area contributed by atoms with Crippen molar-refractivity contribution in [3.63, 3.8) is 0 Å². The highest BCUT2D eigenvalue weighted by Crippen LogP contribution is 2.42. The van der Waals surface area contributed by atoms with E-state index in [1.807, 2.05) is 29.5 Å². The number of benzene rings is 7. The van der Waals surface area contributed by atoms with E-state index in [1.165, 1.54) is 58.4 Å². The number of rotatable bonds is 4. The van der Waals surface area contributed by atoms with Crippen molar-refractivity contribution in [2.45, 2.75) is 0 Å². The molecule has 0 amide bonds. The summed E-state index contributed by atoms with van der Waals surface area (Å²) in [6.45, 7) is 0. The summed E-state index contributed by atoms with van der Waals surface area (Å²) in [5.74, 6) is 1.88. The molecule has 0 spiro atoms. The van der Waals surface area contributed by atoms with E-state index in [1.54, 1.807) is 0 Å². The van der Waals surface area contributed by atoms with Crippen LogP contribution in [0, 0.1) is 0 Å². The molecule has 0 aliphatic heterocycles. The number of thiophene rings is 1. The van der Waals surface area contributed by atoms with Crippen molar-refractivity contribution in [3.05, 3.63) is 164 Å². The van der Waals surface area contributed by atoms with E-state index in [4.69, 9.17) is 15.0 Å². The SMILES string of the molecule is c1ccc(-c2nc(-c3ccc4c(c3)sc3c(-n5c6ccccc6c6ccccc65)cccc34)nc(-n3c4ccccc4c4ccccc43)n2)cc1. The Morgan fingerprint density at radius 1 is 0.373 bits per heavy atom. The first-order valence-electron chi connectivity index (χ1n) is 17.0. The molecule has 0 fully saturated rings. The van der Waals surface area contributed by atoms with Crippen molar-refractivity contribution in [2.75, 3.05) is 0 Å². The summed E-state index contributed by atoms with van der Waals surface area (Å²) in [7, 11) is 0. The Labute approximate surface area is 296 Å². The molecule has 0 unspecified atom stereocenters. The molecule has 7 aromatic carbocycles. The number of hydrogen-bond donors (Lipinski definition) is 0. The normalized spacial score (nSPS) is 11.9. The summed E-state index contributed by atoms with van der Waals surface area (Å²) < 4.78 is 7.02.